The molecule has 2 aromatic rings. The number of benzene rings is 2. The number of carbonyl (C=O) groups is 4. The standard InChI is InChI=1S/C28H31FN4O6/c1-16(18-6-7-18)32(14-17-4-8-19(29)9-5-17)23(34)15-33-25(35)28(39-27(33)37)13-12-20-21(28)10-11-22(24(20)38-3)31-26(36)30-2/h4-5,8-11,16,18H,6-7,12-15H2,1-3H3,(H2,30,31,36)/t16-,28?/m0/s1. The minimum absolute atomic E-state index is 0.104. The number of methoxy groups -OCH3 is 1. The zero-order chi connectivity index (χ0) is 27.9. The van der Waals surface area contributed by atoms with Gasteiger partial charge in [-0.1, -0.05) is 18.2 Å². The Bertz CT molecular complexity index is 1330. The monoisotopic (exact) mass is 538 g/mol. The maximum absolute atomic E-state index is 13.7. The normalized spacial score (nSPS) is 20.5. The van der Waals surface area contributed by atoms with E-state index in [1.54, 1.807) is 29.2 Å². The number of carbonyl (C=O) groups excluding carboxylic acids is 4. The van der Waals surface area contributed by atoms with Crippen LogP contribution in [-0.4, -0.2) is 60.5 Å². The van der Waals surface area contributed by atoms with E-state index in [9.17, 15) is 23.6 Å². The Labute approximate surface area is 225 Å². The van der Waals surface area contributed by atoms with Gasteiger partial charge in [-0.15, -0.1) is 0 Å². The van der Waals surface area contributed by atoms with Crippen molar-refractivity contribution >= 4 is 29.6 Å². The lowest BCUT2D eigenvalue weighted by Crippen LogP contribution is -2.47. The molecule has 2 N–H and O–H groups in total. The molecule has 0 bridgehead atoms. The molecular weight excluding hydrogens is 507 g/mol. The molecule has 206 valence electrons. The number of nitrogens with one attached hydrogen (secondary N) is 2. The van der Waals surface area contributed by atoms with E-state index in [4.69, 9.17) is 9.47 Å². The Kier molecular flexibility index (Phi) is 6.92. The fourth-order valence-electron chi connectivity index (χ4n) is 5.52. The Hall–Kier alpha value is -4.15. The van der Waals surface area contributed by atoms with E-state index in [0.717, 1.165) is 23.3 Å². The predicted molar refractivity (Wildman–Crippen MR) is 138 cm³/mol. The van der Waals surface area contributed by atoms with E-state index in [1.165, 1.54) is 26.3 Å². The second-order valence-electron chi connectivity index (χ2n) is 10.2. The number of rotatable bonds is 8. The van der Waals surface area contributed by atoms with Crippen LogP contribution >= 0.6 is 0 Å². The third kappa shape index (κ3) is 4.77. The molecule has 1 saturated heterocycles. The summed E-state index contributed by atoms with van der Waals surface area (Å²) < 4.78 is 24.7. The van der Waals surface area contributed by atoms with E-state index < -0.39 is 30.2 Å². The van der Waals surface area contributed by atoms with Gasteiger partial charge in [-0.05, 0) is 55.9 Å². The van der Waals surface area contributed by atoms with E-state index >= 15 is 0 Å². The van der Waals surface area contributed by atoms with Crippen molar-refractivity contribution in [2.45, 2.75) is 50.8 Å². The van der Waals surface area contributed by atoms with Gasteiger partial charge < -0.3 is 25.0 Å². The van der Waals surface area contributed by atoms with Gasteiger partial charge >= 0.3 is 12.1 Å². The number of amides is 5. The van der Waals surface area contributed by atoms with Crippen molar-refractivity contribution in [1.82, 2.24) is 15.1 Å². The van der Waals surface area contributed by atoms with Gasteiger partial charge in [0, 0.05) is 37.2 Å². The highest BCUT2D eigenvalue weighted by Gasteiger charge is 2.59. The molecule has 5 amide bonds. The first-order valence-corrected chi connectivity index (χ1v) is 13.0. The quantitative estimate of drug-likeness (QED) is 0.531. The lowest BCUT2D eigenvalue weighted by molar-refractivity contribution is -0.143. The Morgan fingerprint density at radius 1 is 1.21 bits per heavy atom. The third-order valence-corrected chi connectivity index (χ3v) is 7.85. The van der Waals surface area contributed by atoms with E-state index in [2.05, 4.69) is 10.6 Å². The summed E-state index contributed by atoms with van der Waals surface area (Å²) in [5.74, 6) is -0.632. The van der Waals surface area contributed by atoms with Gasteiger partial charge in [-0.2, -0.15) is 0 Å². The molecule has 2 atom stereocenters. The molecule has 3 aliphatic rings. The average Bonchev–Trinajstić information content (AvgIpc) is 3.68. The Morgan fingerprint density at radius 2 is 1.92 bits per heavy atom. The van der Waals surface area contributed by atoms with Crippen molar-refractivity contribution in [1.29, 1.82) is 0 Å². The van der Waals surface area contributed by atoms with Gasteiger partial charge in [-0.25, -0.2) is 18.9 Å². The molecule has 2 aromatic carbocycles. The van der Waals surface area contributed by atoms with Gasteiger partial charge in [0.25, 0.3) is 5.91 Å². The van der Waals surface area contributed by atoms with Gasteiger partial charge in [-0.3, -0.25) is 9.59 Å². The molecule has 10 nitrogen and oxygen atoms in total. The number of ether oxygens (including phenoxy) is 2. The highest BCUT2D eigenvalue weighted by molar-refractivity contribution is 6.06. The number of nitrogens with zero attached hydrogens (tertiary/aromatic N) is 2. The topological polar surface area (TPSA) is 117 Å². The molecule has 0 aromatic heterocycles. The van der Waals surface area contributed by atoms with Crippen LogP contribution in [0.2, 0.25) is 0 Å². The van der Waals surface area contributed by atoms with Crippen molar-refractivity contribution in [3.8, 4) is 5.75 Å². The van der Waals surface area contributed by atoms with Gasteiger partial charge in [0.2, 0.25) is 11.5 Å². The lowest BCUT2D eigenvalue weighted by Gasteiger charge is -2.30. The molecule has 1 unspecified atom stereocenters. The Balaban J connectivity index is 1.38. The van der Waals surface area contributed by atoms with E-state index in [-0.39, 0.29) is 30.7 Å². The number of hydrogen-bond donors (Lipinski definition) is 2. The smallest absolute Gasteiger partial charge is 0.418 e. The van der Waals surface area contributed by atoms with Gasteiger partial charge in [0.05, 0.1) is 12.8 Å². The van der Waals surface area contributed by atoms with Crippen LogP contribution in [0, 0.1) is 11.7 Å². The van der Waals surface area contributed by atoms with Crippen molar-refractivity contribution in [2.75, 3.05) is 26.0 Å². The molecule has 2 fully saturated rings. The van der Waals surface area contributed by atoms with Crippen LogP contribution in [0.25, 0.3) is 0 Å². The highest BCUT2D eigenvalue weighted by atomic mass is 19.1. The number of halogens is 1. The molecular formula is C28H31FN4O6. The number of imide groups is 1. The van der Waals surface area contributed by atoms with Crippen molar-refractivity contribution in [3.05, 3.63) is 58.9 Å². The summed E-state index contributed by atoms with van der Waals surface area (Å²) in [4.78, 5) is 54.7. The molecule has 1 heterocycles. The minimum atomic E-state index is -1.56. The van der Waals surface area contributed by atoms with Crippen molar-refractivity contribution < 1.29 is 33.0 Å². The summed E-state index contributed by atoms with van der Waals surface area (Å²) in [6.45, 7) is 1.73. The molecule has 0 radical (unpaired) electrons. The van der Waals surface area contributed by atoms with Crippen LogP contribution in [0.3, 0.4) is 0 Å². The fraction of sp³-hybridized carbons (Fsp3) is 0.429. The molecule has 11 heteroatoms. The molecule has 2 aliphatic carbocycles. The van der Waals surface area contributed by atoms with Crippen LogP contribution < -0.4 is 15.4 Å². The first kappa shape index (κ1) is 26.5. The first-order valence-electron chi connectivity index (χ1n) is 13.0. The summed E-state index contributed by atoms with van der Waals surface area (Å²) in [5.41, 5.74) is 0.740. The summed E-state index contributed by atoms with van der Waals surface area (Å²) in [7, 11) is 2.95. The van der Waals surface area contributed by atoms with Crippen molar-refractivity contribution in [3.63, 3.8) is 0 Å². The number of urea groups is 1. The molecule has 1 saturated carbocycles. The van der Waals surface area contributed by atoms with Crippen LogP contribution in [0.1, 0.15) is 42.9 Å². The third-order valence-electron chi connectivity index (χ3n) is 7.85. The fourth-order valence-corrected chi connectivity index (χ4v) is 5.52. The van der Waals surface area contributed by atoms with Gasteiger partial charge in [0.15, 0.2) is 0 Å². The van der Waals surface area contributed by atoms with E-state index in [0.29, 0.717) is 34.9 Å². The number of hydrogen-bond acceptors (Lipinski definition) is 6. The first-order chi connectivity index (χ1) is 18.7. The van der Waals surface area contributed by atoms with Crippen LogP contribution in [0.15, 0.2) is 36.4 Å². The molecule has 39 heavy (non-hydrogen) atoms. The molecule has 1 aliphatic heterocycles. The predicted octanol–water partition coefficient (Wildman–Crippen LogP) is 3.53. The van der Waals surface area contributed by atoms with Crippen molar-refractivity contribution in [2.24, 2.45) is 5.92 Å². The SMILES string of the molecule is CNC(=O)Nc1ccc2c(c1OC)CCC21OC(=O)N(CC(=O)N(Cc2ccc(F)cc2)[C@@H](C)C2CC2)C1=O. The van der Waals surface area contributed by atoms with Crippen LogP contribution in [0.4, 0.5) is 19.7 Å². The van der Waals surface area contributed by atoms with E-state index in [1.807, 2.05) is 6.92 Å². The summed E-state index contributed by atoms with van der Waals surface area (Å²) in [6, 6.07) is 8.62. The highest BCUT2D eigenvalue weighted by Crippen LogP contribution is 2.50. The second-order valence-corrected chi connectivity index (χ2v) is 10.2. The average molecular weight is 539 g/mol. The minimum Gasteiger partial charge on any atom is -0.494 e. The maximum atomic E-state index is 13.7. The number of fused-ring (bicyclic) bond motifs is 2. The van der Waals surface area contributed by atoms with Gasteiger partial charge in [0.1, 0.15) is 18.1 Å². The Morgan fingerprint density at radius 3 is 2.56 bits per heavy atom. The van der Waals surface area contributed by atoms with Crippen LogP contribution in [0.5, 0.6) is 5.75 Å². The maximum Gasteiger partial charge on any atom is 0.418 e. The lowest BCUT2D eigenvalue weighted by atomic mass is 9.94. The van der Waals surface area contributed by atoms with Crippen LogP contribution in [-0.2, 0) is 32.9 Å². The summed E-state index contributed by atoms with van der Waals surface area (Å²) >= 11 is 0. The number of anilines is 1. The largest absolute Gasteiger partial charge is 0.494 e. The second kappa shape index (κ2) is 10.2. The molecule has 5 rings (SSSR count). The molecule has 1 spiro atoms. The summed E-state index contributed by atoms with van der Waals surface area (Å²) in [6.07, 6.45) is 1.68. The summed E-state index contributed by atoms with van der Waals surface area (Å²) in [5, 5.41) is 5.16. The zero-order valence-corrected chi connectivity index (χ0v) is 22.1. The zero-order valence-electron chi connectivity index (χ0n) is 22.1.